The fourth-order valence-electron chi connectivity index (χ4n) is 3.13. The molecule has 0 saturated carbocycles. The Morgan fingerprint density at radius 2 is 1.93 bits per heavy atom. The Hall–Kier alpha value is -1.77. The Morgan fingerprint density at radius 1 is 1.32 bits per heavy atom. The molecule has 1 aliphatic rings. The lowest BCUT2D eigenvalue weighted by molar-refractivity contribution is 0.00578. The molecule has 1 fully saturated rings. The zero-order chi connectivity index (χ0) is 20.9. The van der Waals surface area contributed by atoms with Gasteiger partial charge in [-0.05, 0) is 52.7 Å². The van der Waals surface area contributed by atoms with Gasteiger partial charge in [-0.15, -0.1) is 5.10 Å². The number of hydrogen-bond acceptors (Lipinski definition) is 6. The summed E-state index contributed by atoms with van der Waals surface area (Å²) in [7, 11) is -0.726. The fourth-order valence-corrected chi connectivity index (χ4v) is 3.37. The van der Waals surface area contributed by atoms with Crippen molar-refractivity contribution in [3.8, 4) is 0 Å². The molecule has 1 aromatic heterocycles. The second kappa shape index (κ2) is 7.24. The van der Waals surface area contributed by atoms with E-state index in [0.717, 1.165) is 18.4 Å². The summed E-state index contributed by atoms with van der Waals surface area (Å²) in [5.41, 5.74) is 6.97. The van der Waals surface area contributed by atoms with Crippen molar-refractivity contribution in [2.75, 3.05) is 12.3 Å². The number of carbonyl (C=O) groups excluding carboxylic acids is 1. The van der Waals surface area contributed by atoms with Crippen molar-refractivity contribution in [2.45, 2.75) is 65.6 Å². The number of unbranched alkanes of at least 4 members (excludes halogenated alkanes) is 1. The Labute approximate surface area is 170 Å². The third-order valence-corrected chi connectivity index (χ3v) is 6.04. The maximum atomic E-state index is 12.5. The average molecular weight is 408 g/mol. The first-order valence-corrected chi connectivity index (χ1v) is 9.88. The van der Waals surface area contributed by atoms with Crippen molar-refractivity contribution in [1.29, 1.82) is 0 Å². The van der Waals surface area contributed by atoms with Gasteiger partial charge in [-0.3, -0.25) is 0 Å². The Balaban J connectivity index is 2.12. The van der Waals surface area contributed by atoms with Gasteiger partial charge in [0.15, 0.2) is 5.82 Å². The molecular formula is C19H27BClN3O4. The number of nitrogen functional groups attached to an aromatic ring is 1. The van der Waals surface area contributed by atoms with Crippen LogP contribution in [-0.2, 0) is 14.0 Å². The van der Waals surface area contributed by atoms with Crippen molar-refractivity contribution in [2.24, 2.45) is 0 Å². The minimum Gasteiger partial charge on any atom is -0.448 e. The van der Waals surface area contributed by atoms with Crippen LogP contribution in [0.15, 0.2) is 6.07 Å². The van der Waals surface area contributed by atoms with Crippen LogP contribution in [0.5, 0.6) is 0 Å². The normalized spacial score (nSPS) is 18.0. The van der Waals surface area contributed by atoms with E-state index < -0.39 is 24.4 Å². The molecule has 0 spiro atoms. The number of anilines is 1. The summed E-state index contributed by atoms with van der Waals surface area (Å²) in [6, 6.07) is 1.77. The molecule has 3 rings (SSSR count). The maximum absolute atomic E-state index is 12.5. The van der Waals surface area contributed by atoms with Gasteiger partial charge in [-0.1, -0.05) is 24.9 Å². The number of hydrogen-bond donors (Lipinski definition) is 1. The molecule has 2 N–H and O–H groups in total. The quantitative estimate of drug-likeness (QED) is 0.614. The number of carbonyl (C=O) groups is 1. The van der Waals surface area contributed by atoms with E-state index in [4.69, 9.17) is 31.4 Å². The Kier molecular flexibility index (Phi) is 5.42. The minimum absolute atomic E-state index is 0.175. The van der Waals surface area contributed by atoms with Crippen LogP contribution < -0.4 is 11.2 Å². The predicted molar refractivity (Wildman–Crippen MR) is 111 cm³/mol. The molecule has 7 nitrogen and oxygen atoms in total. The van der Waals surface area contributed by atoms with Gasteiger partial charge in [0.1, 0.15) is 0 Å². The van der Waals surface area contributed by atoms with E-state index in [0.29, 0.717) is 28.0 Å². The van der Waals surface area contributed by atoms with Crippen LogP contribution in [0.3, 0.4) is 0 Å². The molecule has 9 heteroatoms. The van der Waals surface area contributed by atoms with Crippen LogP contribution in [0.1, 0.15) is 53.0 Å². The number of aryl methyl sites for hydroxylation is 1. The highest BCUT2D eigenvalue weighted by Crippen LogP contribution is 2.38. The van der Waals surface area contributed by atoms with Crippen LogP contribution in [0.4, 0.5) is 10.6 Å². The van der Waals surface area contributed by atoms with E-state index in [9.17, 15) is 4.79 Å². The summed E-state index contributed by atoms with van der Waals surface area (Å²) >= 11 is 6.63. The van der Waals surface area contributed by atoms with Crippen LogP contribution in [-0.4, -0.2) is 40.8 Å². The van der Waals surface area contributed by atoms with E-state index in [1.54, 1.807) is 6.07 Å². The molecule has 2 aromatic rings. The summed E-state index contributed by atoms with van der Waals surface area (Å²) in [5, 5.41) is 5.23. The third-order valence-electron chi connectivity index (χ3n) is 5.54. The number of rotatable bonds is 4. The predicted octanol–water partition coefficient (Wildman–Crippen LogP) is 3.66. The first-order chi connectivity index (χ1) is 13.0. The number of fused-ring (bicyclic) bond motifs is 1. The van der Waals surface area contributed by atoms with E-state index in [1.807, 2.05) is 41.5 Å². The monoisotopic (exact) mass is 407 g/mol. The first kappa shape index (κ1) is 21.0. The molecule has 0 atom stereocenters. The van der Waals surface area contributed by atoms with Crippen LogP contribution in [0.25, 0.3) is 10.9 Å². The SMILES string of the molecule is CCCCOC(=O)n1nc(N)c2c(B3OC(C)(C)C(C)(C)O3)c(Cl)c(C)cc21. The molecule has 2 heterocycles. The molecule has 1 aliphatic heterocycles. The zero-order valence-electron chi connectivity index (χ0n) is 17.3. The smallest absolute Gasteiger partial charge is 0.448 e. The van der Waals surface area contributed by atoms with Crippen molar-refractivity contribution in [3.05, 3.63) is 16.7 Å². The molecule has 0 bridgehead atoms. The molecule has 0 radical (unpaired) electrons. The molecule has 1 aromatic carbocycles. The van der Waals surface area contributed by atoms with Gasteiger partial charge in [0.25, 0.3) is 0 Å². The van der Waals surface area contributed by atoms with Gasteiger partial charge in [0.05, 0.1) is 23.3 Å². The average Bonchev–Trinajstić information content (AvgIpc) is 3.02. The van der Waals surface area contributed by atoms with Gasteiger partial charge < -0.3 is 19.8 Å². The summed E-state index contributed by atoms with van der Waals surface area (Å²) < 4.78 is 18.8. The highest BCUT2D eigenvalue weighted by molar-refractivity contribution is 6.69. The second-order valence-corrected chi connectivity index (χ2v) is 8.55. The molecule has 0 unspecified atom stereocenters. The van der Waals surface area contributed by atoms with Crippen LogP contribution in [0.2, 0.25) is 5.02 Å². The van der Waals surface area contributed by atoms with Gasteiger partial charge in [-0.2, -0.15) is 4.68 Å². The van der Waals surface area contributed by atoms with E-state index in [2.05, 4.69) is 5.10 Å². The summed E-state index contributed by atoms with van der Waals surface area (Å²) in [6.45, 7) is 12.1. The van der Waals surface area contributed by atoms with Crippen LogP contribution in [0, 0.1) is 6.92 Å². The number of ether oxygens (including phenoxy) is 1. The lowest BCUT2D eigenvalue weighted by Gasteiger charge is -2.32. The van der Waals surface area contributed by atoms with E-state index in [-0.39, 0.29) is 5.82 Å². The molecule has 28 heavy (non-hydrogen) atoms. The van der Waals surface area contributed by atoms with Gasteiger partial charge >= 0.3 is 13.2 Å². The van der Waals surface area contributed by atoms with Crippen molar-refractivity contribution in [3.63, 3.8) is 0 Å². The molecule has 1 saturated heterocycles. The largest absolute Gasteiger partial charge is 0.497 e. The lowest BCUT2D eigenvalue weighted by Crippen LogP contribution is -2.41. The summed E-state index contributed by atoms with van der Waals surface area (Å²) in [4.78, 5) is 12.5. The summed E-state index contributed by atoms with van der Waals surface area (Å²) in [5.74, 6) is 0.175. The number of benzene rings is 1. The fraction of sp³-hybridized carbons (Fsp3) is 0.579. The second-order valence-electron chi connectivity index (χ2n) is 8.17. The maximum Gasteiger partial charge on any atom is 0.497 e. The van der Waals surface area contributed by atoms with E-state index in [1.165, 1.54) is 4.68 Å². The van der Waals surface area contributed by atoms with E-state index >= 15 is 0 Å². The highest BCUT2D eigenvalue weighted by Gasteiger charge is 2.53. The molecule has 0 aliphatic carbocycles. The highest BCUT2D eigenvalue weighted by atomic mass is 35.5. The molecular weight excluding hydrogens is 380 g/mol. The van der Waals surface area contributed by atoms with Gasteiger partial charge in [-0.25, -0.2) is 4.79 Å². The number of nitrogens with zero attached hydrogens (tertiary/aromatic N) is 2. The third kappa shape index (κ3) is 3.38. The standard InChI is InChI=1S/C19H27BClN3O4/c1-7-8-9-26-17(25)24-12-10-11(2)15(21)14(13(12)16(22)23-24)20-27-18(3,4)19(5,6)28-20/h10H,7-9H2,1-6H3,(H2,22,23). The van der Waals surface area contributed by atoms with Gasteiger partial charge in [0, 0.05) is 15.9 Å². The van der Waals surface area contributed by atoms with Crippen LogP contribution >= 0.6 is 11.6 Å². The zero-order valence-corrected chi connectivity index (χ0v) is 18.0. The van der Waals surface area contributed by atoms with Crippen molar-refractivity contribution >= 4 is 47.0 Å². The topological polar surface area (TPSA) is 88.6 Å². The summed E-state index contributed by atoms with van der Waals surface area (Å²) in [6.07, 6.45) is 1.14. The molecule has 152 valence electrons. The number of aromatic nitrogens is 2. The number of nitrogens with two attached hydrogens (primary N) is 1. The Morgan fingerprint density at radius 3 is 2.50 bits per heavy atom. The molecule has 0 amide bonds. The first-order valence-electron chi connectivity index (χ1n) is 9.50. The van der Waals surface area contributed by atoms with Crippen molar-refractivity contribution in [1.82, 2.24) is 9.78 Å². The van der Waals surface area contributed by atoms with Gasteiger partial charge in [0.2, 0.25) is 0 Å². The van der Waals surface area contributed by atoms with Crippen molar-refractivity contribution < 1.29 is 18.8 Å². The number of halogens is 1. The Bertz CT molecular complexity index is 910. The minimum atomic E-state index is -0.726. The lowest BCUT2D eigenvalue weighted by atomic mass is 9.76.